The fraction of sp³-hybridized carbons (Fsp3) is 0.538. The van der Waals surface area contributed by atoms with E-state index in [9.17, 15) is 15.2 Å². The maximum atomic E-state index is 10.6. The van der Waals surface area contributed by atoms with Gasteiger partial charge in [-0.15, -0.1) is 0 Å². The van der Waals surface area contributed by atoms with Crippen LogP contribution in [0.1, 0.15) is 25.3 Å². The van der Waals surface area contributed by atoms with Gasteiger partial charge in [0, 0.05) is 25.2 Å². The standard InChI is InChI=1S/C13H17ClN2O3/c1-13(17)5-2-6-15(9-13)8-10-3-4-11(16(18)19)7-12(10)14/h3-4,7,17H,2,5-6,8-9H2,1H3. The van der Waals surface area contributed by atoms with E-state index in [-0.39, 0.29) is 5.69 Å². The van der Waals surface area contributed by atoms with Crippen LogP contribution < -0.4 is 0 Å². The van der Waals surface area contributed by atoms with Gasteiger partial charge >= 0.3 is 0 Å². The summed E-state index contributed by atoms with van der Waals surface area (Å²) in [6, 6.07) is 4.52. The van der Waals surface area contributed by atoms with Gasteiger partial charge in [0.2, 0.25) is 0 Å². The van der Waals surface area contributed by atoms with Gasteiger partial charge in [0.15, 0.2) is 0 Å². The van der Waals surface area contributed by atoms with E-state index in [0.717, 1.165) is 24.9 Å². The van der Waals surface area contributed by atoms with Crippen molar-refractivity contribution in [1.29, 1.82) is 0 Å². The van der Waals surface area contributed by atoms with Crippen molar-refractivity contribution in [3.05, 3.63) is 38.9 Å². The molecule has 1 aliphatic heterocycles. The van der Waals surface area contributed by atoms with E-state index in [1.54, 1.807) is 6.07 Å². The zero-order valence-electron chi connectivity index (χ0n) is 10.8. The number of likely N-dealkylation sites (tertiary alicyclic amines) is 1. The van der Waals surface area contributed by atoms with Crippen molar-refractivity contribution in [2.45, 2.75) is 31.9 Å². The number of halogens is 1. The first-order valence-corrected chi connectivity index (χ1v) is 6.63. The molecule has 0 bridgehead atoms. The van der Waals surface area contributed by atoms with Gasteiger partial charge in [0.25, 0.3) is 5.69 Å². The third-order valence-electron chi connectivity index (χ3n) is 3.40. The Hall–Kier alpha value is -1.17. The molecule has 1 N–H and O–H groups in total. The average molecular weight is 285 g/mol. The molecule has 0 amide bonds. The zero-order valence-corrected chi connectivity index (χ0v) is 11.6. The third-order valence-corrected chi connectivity index (χ3v) is 3.75. The molecule has 1 aromatic carbocycles. The van der Waals surface area contributed by atoms with E-state index in [1.807, 2.05) is 6.92 Å². The molecule has 2 rings (SSSR count). The van der Waals surface area contributed by atoms with Crippen LogP contribution in [-0.4, -0.2) is 33.6 Å². The van der Waals surface area contributed by atoms with Crippen molar-refractivity contribution in [3.63, 3.8) is 0 Å². The Labute approximate surface area is 116 Å². The number of aliphatic hydroxyl groups is 1. The van der Waals surface area contributed by atoms with E-state index in [0.29, 0.717) is 18.1 Å². The fourth-order valence-electron chi connectivity index (χ4n) is 2.48. The molecule has 19 heavy (non-hydrogen) atoms. The molecule has 0 aromatic heterocycles. The summed E-state index contributed by atoms with van der Waals surface area (Å²) in [5.41, 5.74) is 0.190. The molecule has 0 radical (unpaired) electrons. The average Bonchev–Trinajstić information content (AvgIpc) is 2.30. The van der Waals surface area contributed by atoms with E-state index in [4.69, 9.17) is 11.6 Å². The number of piperidine rings is 1. The van der Waals surface area contributed by atoms with Crippen LogP contribution in [0.15, 0.2) is 18.2 Å². The summed E-state index contributed by atoms with van der Waals surface area (Å²) >= 11 is 6.07. The van der Waals surface area contributed by atoms with Crippen LogP contribution in [-0.2, 0) is 6.54 Å². The quantitative estimate of drug-likeness (QED) is 0.684. The minimum absolute atomic E-state index is 0.000564. The van der Waals surface area contributed by atoms with Gasteiger partial charge in [-0.2, -0.15) is 0 Å². The number of non-ortho nitro benzene ring substituents is 1. The second-order valence-corrected chi connectivity index (χ2v) is 5.75. The number of hydrogen-bond donors (Lipinski definition) is 1. The van der Waals surface area contributed by atoms with Gasteiger partial charge in [-0.25, -0.2) is 0 Å². The minimum atomic E-state index is -0.661. The van der Waals surface area contributed by atoms with Gasteiger partial charge in [0.1, 0.15) is 0 Å². The lowest BCUT2D eigenvalue weighted by atomic mass is 9.95. The maximum absolute atomic E-state index is 10.6. The number of nitro benzene ring substituents is 1. The Kier molecular flexibility index (Phi) is 4.08. The van der Waals surface area contributed by atoms with Crippen LogP contribution in [0.4, 0.5) is 5.69 Å². The van der Waals surface area contributed by atoms with Crippen LogP contribution in [0.2, 0.25) is 5.02 Å². The molecule has 0 aliphatic carbocycles. The van der Waals surface area contributed by atoms with Gasteiger partial charge in [-0.1, -0.05) is 11.6 Å². The van der Waals surface area contributed by atoms with Crippen LogP contribution in [0.25, 0.3) is 0 Å². The number of nitrogens with zero attached hydrogens (tertiary/aromatic N) is 2. The number of β-amino-alcohol motifs (C(OH)–C–C–N with tert-alkyl or cyclic N) is 1. The van der Waals surface area contributed by atoms with Crippen molar-refractivity contribution < 1.29 is 10.0 Å². The van der Waals surface area contributed by atoms with Crippen molar-refractivity contribution in [2.75, 3.05) is 13.1 Å². The maximum Gasteiger partial charge on any atom is 0.270 e. The van der Waals surface area contributed by atoms with E-state index in [1.165, 1.54) is 12.1 Å². The molecule has 104 valence electrons. The molecule has 1 heterocycles. The minimum Gasteiger partial charge on any atom is -0.389 e. The lowest BCUT2D eigenvalue weighted by Crippen LogP contribution is -2.45. The molecule has 1 fully saturated rings. The number of benzene rings is 1. The topological polar surface area (TPSA) is 66.6 Å². The molecule has 0 saturated carbocycles. The summed E-state index contributed by atoms with van der Waals surface area (Å²) in [5, 5.41) is 21.1. The molecule has 1 atom stereocenters. The fourth-order valence-corrected chi connectivity index (χ4v) is 2.71. The van der Waals surface area contributed by atoms with Crippen molar-refractivity contribution >= 4 is 17.3 Å². The predicted molar refractivity (Wildman–Crippen MR) is 73.2 cm³/mol. The highest BCUT2D eigenvalue weighted by atomic mass is 35.5. The van der Waals surface area contributed by atoms with Gasteiger partial charge in [-0.3, -0.25) is 15.0 Å². The molecular formula is C13H17ClN2O3. The highest BCUT2D eigenvalue weighted by Gasteiger charge is 2.28. The van der Waals surface area contributed by atoms with Crippen LogP contribution in [0.5, 0.6) is 0 Å². The molecule has 6 heteroatoms. The normalized spacial score (nSPS) is 24.4. The second kappa shape index (κ2) is 5.45. The van der Waals surface area contributed by atoms with Gasteiger partial charge < -0.3 is 5.11 Å². The van der Waals surface area contributed by atoms with Gasteiger partial charge in [-0.05, 0) is 37.9 Å². The van der Waals surface area contributed by atoms with E-state index in [2.05, 4.69) is 4.90 Å². The first-order chi connectivity index (χ1) is 8.87. The Morgan fingerprint density at radius 2 is 2.32 bits per heavy atom. The summed E-state index contributed by atoms with van der Waals surface area (Å²) in [4.78, 5) is 12.3. The van der Waals surface area contributed by atoms with Crippen LogP contribution >= 0.6 is 11.6 Å². The van der Waals surface area contributed by atoms with Crippen LogP contribution in [0.3, 0.4) is 0 Å². The highest BCUT2D eigenvalue weighted by Crippen LogP contribution is 2.26. The summed E-state index contributed by atoms with van der Waals surface area (Å²) in [5.74, 6) is 0. The van der Waals surface area contributed by atoms with Crippen molar-refractivity contribution in [1.82, 2.24) is 4.90 Å². The summed E-state index contributed by atoms with van der Waals surface area (Å²) in [6.45, 7) is 3.94. The van der Waals surface area contributed by atoms with Crippen molar-refractivity contribution in [3.8, 4) is 0 Å². The smallest absolute Gasteiger partial charge is 0.270 e. The molecule has 5 nitrogen and oxygen atoms in total. The number of nitro groups is 1. The second-order valence-electron chi connectivity index (χ2n) is 5.34. The Morgan fingerprint density at radius 3 is 2.89 bits per heavy atom. The summed E-state index contributed by atoms with van der Waals surface area (Å²) < 4.78 is 0. The molecular weight excluding hydrogens is 268 g/mol. The summed E-state index contributed by atoms with van der Waals surface area (Å²) in [7, 11) is 0. The predicted octanol–water partition coefficient (Wildman–Crippen LogP) is 2.60. The van der Waals surface area contributed by atoms with E-state index >= 15 is 0 Å². The lowest BCUT2D eigenvalue weighted by Gasteiger charge is -2.36. The molecule has 0 spiro atoms. The Morgan fingerprint density at radius 1 is 1.58 bits per heavy atom. The molecule has 1 saturated heterocycles. The van der Waals surface area contributed by atoms with Crippen molar-refractivity contribution in [2.24, 2.45) is 0 Å². The Bertz CT molecular complexity index is 491. The Balaban J connectivity index is 2.09. The highest BCUT2D eigenvalue weighted by molar-refractivity contribution is 6.31. The third kappa shape index (κ3) is 3.65. The molecule has 1 unspecified atom stereocenters. The van der Waals surface area contributed by atoms with Gasteiger partial charge in [0.05, 0.1) is 15.5 Å². The zero-order chi connectivity index (χ0) is 14.0. The van der Waals surface area contributed by atoms with Crippen LogP contribution in [0, 0.1) is 10.1 Å². The number of hydrogen-bond acceptors (Lipinski definition) is 4. The molecule has 1 aliphatic rings. The summed E-state index contributed by atoms with van der Waals surface area (Å²) in [6.07, 6.45) is 1.75. The monoisotopic (exact) mass is 284 g/mol. The largest absolute Gasteiger partial charge is 0.389 e. The SMILES string of the molecule is CC1(O)CCCN(Cc2ccc([N+](=O)[O-])cc2Cl)C1. The first kappa shape index (κ1) is 14.2. The van der Waals surface area contributed by atoms with E-state index < -0.39 is 10.5 Å². The first-order valence-electron chi connectivity index (χ1n) is 6.25. The molecule has 1 aromatic rings. The lowest BCUT2D eigenvalue weighted by molar-refractivity contribution is -0.384. The number of rotatable bonds is 3.